The summed E-state index contributed by atoms with van der Waals surface area (Å²) in [6.45, 7) is 2.67. The molecule has 11 nitrogen and oxygen atoms in total. The van der Waals surface area contributed by atoms with Crippen molar-refractivity contribution in [3.8, 4) is 0 Å². The second-order valence-corrected chi connectivity index (χ2v) is 15.6. The highest BCUT2D eigenvalue weighted by atomic mass is 31.2. The maximum atomic E-state index is 12.6. The number of allylic oxidation sites excluding steroid dienone is 10. The third-order valence-electron chi connectivity index (χ3n) is 8.75. The number of unbranched alkanes of at least 4 members (excludes halogenated alkanes) is 15. The molecule has 0 fully saturated rings. The molecular formula is C44H76NO10P. The molecule has 0 saturated heterocycles. The second kappa shape index (κ2) is 39.0. The van der Waals surface area contributed by atoms with Crippen LogP contribution in [-0.2, 0) is 37.5 Å². The summed E-state index contributed by atoms with van der Waals surface area (Å²) in [7, 11) is -4.74. The lowest BCUT2D eigenvalue weighted by Gasteiger charge is -2.20. The summed E-state index contributed by atoms with van der Waals surface area (Å²) in [5.74, 6) is -2.52. The highest BCUT2D eigenvalue weighted by Gasteiger charge is 2.28. The number of hydrogen-bond acceptors (Lipinski definition) is 9. The number of ether oxygens (including phenoxy) is 2. The van der Waals surface area contributed by atoms with Crippen LogP contribution < -0.4 is 5.73 Å². The second-order valence-electron chi connectivity index (χ2n) is 14.1. The van der Waals surface area contributed by atoms with Gasteiger partial charge in [0.15, 0.2) is 6.10 Å². The molecule has 0 heterocycles. The van der Waals surface area contributed by atoms with Crippen LogP contribution in [0.5, 0.6) is 0 Å². The number of phosphoric acid groups is 1. The van der Waals surface area contributed by atoms with Crippen LogP contribution in [0, 0.1) is 0 Å². The van der Waals surface area contributed by atoms with Crippen molar-refractivity contribution >= 4 is 25.7 Å². The molecule has 0 radical (unpaired) electrons. The molecule has 0 aliphatic rings. The minimum absolute atomic E-state index is 0.0765. The van der Waals surface area contributed by atoms with Crippen LogP contribution in [0.25, 0.3) is 0 Å². The van der Waals surface area contributed by atoms with Gasteiger partial charge in [-0.2, -0.15) is 0 Å². The molecule has 322 valence electrons. The van der Waals surface area contributed by atoms with Crippen molar-refractivity contribution in [2.24, 2.45) is 5.73 Å². The molecule has 0 spiro atoms. The third-order valence-corrected chi connectivity index (χ3v) is 9.70. The number of carbonyl (C=O) groups is 3. The molecule has 0 aromatic heterocycles. The number of rotatable bonds is 39. The van der Waals surface area contributed by atoms with Gasteiger partial charge in [-0.15, -0.1) is 0 Å². The minimum atomic E-state index is -4.74. The van der Waals surface area contributed by atoms with E-state index in [0.29, 0.717) is 19.3 Å². The lowest BCUT2D eigenvalue weighted by Crippen LogP contribution is -2.34. The van der Waals surface area contributed by atoms with Gasteiger partial charge in [0.05, 0.1) is 13.2 Å². The van der Waals surface area contributed by atoms with Gasteiger partial charge >= 0.3 is 25.7 Å². The van der Waals surface area contributed by atoms with E-state index < -0.39 is 57.7 Å². The van der Waals surface area contributed by atoms with Gasteiger partial charge in [0, 0.05) is 12.8 Å². The Hall–Kier alpha value is -2.82. The highest BCUT2D eigenvalue weighted by molar-refractivity contribution is 7.47. The molecule has 4 N–H and O–H groups in total. The van der Waals surface area contributed by atoms with E-state index in [2.05, 4.69) is 60.9 Å². The van der Waals surface area contributed by atoms with E-state index in [0.717, 1.165) is 38.5 Å². The standard InChI is InChI=1S/C44H76NO10P/c1-3-5-7-9-11-13-15-17-19-20-22-24-26-28-30-32-34-36-43(47)55-40(38-53-56(50,51)54-39-41(45)44(48)49)37-52-42(46)35-33-31-29-27-25-23-21-18-16-14-12-10-8-6-4-2/h11,13,17,19,22,24,28-31,40-41H,3-10,12,14-16,18,20-21,23,25-27,32-39,45H2,1-2H3,(H,48,49)(H,50,51)/b13-11+,19-17+,24-22+,30-28+,31-29+/t40-,41+/m1/s1. The fourth-order valence-corrected chi connectivity index (χ4v) is 6.15. The van der Waals surface area contributed by atoms with Crippen LogP contribution in [-0.4, -0.2) is 59.9 Å². The Morgan fingerprint density at radius 1 is 0.554 bits per heavy atom. The van der Waals surface area contributed by atoms with Crippen LogP contribution >= 0.6 is 7.82 Å². The van der Waals surface area contributed by atoms with Crippen molar-refractivity contribution < 1.29 is 47.5 Å². The quantitative estimate of drug-likeness (QED) is 0.0233. The Kier molecular flexibility index (Phi) is 37.1. The Morgan fingerprint density at radius 3 is 1.54 bits per heavy atom. The molecule has 1 unspecified atom stereocenters. The van der Waals surface area contributed by atoms with Gasteiger partial charge in [0.25, 0.3) is 0 Å². The summed E-state index contributed by atoms with van der Waals surface area (Å²) in [6.07, 6.45) is 44.5. The predicted molar refractivity (Wildman–Crippen MR) is 226 cm³/mol. The molecule has 0 amide bonds. The first-order chi connectivity index (χ1) is 27.1. The highest BCUT2D eigenvalue weighted by Crippen LogP contribution is 2.43. The van der Waals surface area contributed by atoms with Crippen LogP contribution in [0.2, 0.25) is 0 Å². The average Bonchev–Trinajstić information content (AvgIpc) is 3.17. The van der Waals surface area contributed by atoms with Crippen LogP contribution in [0.1, 0.15) is 168 Å². The molecule has 0 aromatic carbocycles. The molecule has 12 heteroatoms. The molecule has 0 aliphatic carbocycles. The summed E-state index contributed by atoms with van der Waals surface area (Å²) >= 11 is 0. The van der Waals surface area contributed by atoms with Crippen molar-refractivity contribution in [1.82, 2.24) is 0 Å². The number of phosphoric ester groups is 1. The minimum Gasteiger partial charge on any atom is -0.480 e. The maximum Gasteiger partial charge on any atom is 0.472 e. The zero-order valence-corrected chi connectivity index (χ0v) is 35.6. The van der Waals surface area contributed by atoms with Crippen molar-refractivity contribution in [1.29, 1.82) is 0 Å². The molecule has 0 bridgehead atoms. The van der Waals surface area contributed by atoms with Crippen molar-refractivity contribution in [2.75, 3.05) is 19.8 Å². The maximum absolute atomic E-state index is 12.6. The molecule has 0 aliphatic heterocycles. The third kappa shape index (κ3) is 38.1. The van der Waals surface area contributed by atoms with Crippen LogP contribution in [0.3, 0.4) is 0 Å². The first-order valence-electron chi connectivity index (χ1n) is 21.3. The Balaban J connectivity index is 4.53. The number of carbonyl (C=O) groups excluding carboxylic acids is 2. The number of aliphatic carboxylic acids is 1. The van der Waals surface area contributed by atoms with Gasteiger partial charge in [-0.25, -0.2) is 4.57 Å². The molecule has 3 atom stereocenters. The summed E-state index contributed by atoms with van der Waals surface area (Å²) in [5, 5.41) is 8.88. The summed E-state index contributed by atoms with van der Waals surface area (Å²) in [6, 6.07) is -1.54. The summed E-state index contributed by atoms with van der Waals surface area (Å²) < 4.78 is 32.5. The smallest absolute Gasteiger partial charge is 0.472 e. The Morgan fingerprint density at radius 2 is 0.982 bits per heavy atom. The topological polar surface area (TPSA) is 172 Å². The first-order valence-corrected chi connectivity index (χ1v) is 22.8. The first kappa shape index (κ1) is 53.2. The normalized spacial score (nSPS) is 14.4. The summed E-state index contributed by atoms with van der Waals surface area (Å²) in [5.41, 5.74) is 5.32. The molecular weight excluding hydrogens is 733 g/mol. The Labute approximate surface area is 338 Å². The predicted octanol–water partition coefficient (Wildman–Crippen LogP) is 11.2. The zero-order valence-electron chi connectivity index (χ0n) is 34.7. The van der Waals surface area contributed by atoms with Gasteiger partial charge in [-0.1, -0.05) is 152 Å². The number of carboxylic acid groups (broad SMARTS) is 1. The molecule has 0 saturated carbocycles. The van der Waals surface area contributed by atoms with E-state index in [9.17, 15) is 23.8 Å². The van der Waals surface area contributed by atoms with Crippen LogP contribution in [0.15, 0.2) is 60.8 Å². The van der Waals surface area contributed by atoms with Crippen molar-refractivity contribution in [3.05, 3.63) is 60.8 Å². The number of esters is 2. The van der Waals surface area contributed by atoms with E-state index in [-0.39, 0.29) is 12.8 Å². The van der Waals surface area contributed by atoms with Gasteiger partial charge in [-0.05, 0) is 64.2 Å². The fraction of sp³-hybridized carbons (Fsp3) is 0.705. The molecule has 0 rings (SSSR count). The number of carboxylic acids is 1. The fourth-order valence-electron chi connectivity index (χ4n) is 5.37. The van der Waals surface area contributed by atoms with Gasteiger partial charge in [0.1, 0.15) is 12.6 Å². The lowest BCUT2D eigenvalue weighted by atomic mass is 10.1. The van der Waals surface area contributed by atoms with Gasteiger partial charge in [0.2, 0.25) is 0 Å². The van der Waals surface area contributed by atoms with E-state index in [1.165, 1.54) is 83.5 Å². The van der Waals surface area contributed by atoms with E-state index in [1.54, 1.807) is 0 Å². The largest absolute Gasteiger partial charge is 0.480 e. The van der Waals surface area contributed by atoms with Gasteiger partial charge < -0.3 is 25.2 Å². The van der Waals surface area contributed by atoms with Gasteiger partial charge in [-0.3, -0.25) is 23.4 Å². The molecule has 0 aromatic rings. The SMILES string of the molecule is CCCCC/C=C/C/C=C/C/C=C/C/C=C/CCCC(=O)O[C@H](COC(=O)CC/C=C/CCCCCCCCCCCCC)COP(=O)(O)OC[C@H](N)C(=O)O. The zero-order chi connectivity index (χ0) is 41.4. The monoisotopic (exact) mass is 810 g/mol. The molecule has 56 heavy (non-hydrogen) atoms. The van der Waals surface area contributed by atoms with Crippen molar-refractivity contribution in [3.63, 3.8) is 0 Å². The van der Waals surface area contributed by atoms with E-state index in [4.69, 9.17) is 24.8 Å². The van der Waals surface area contributed by atoms with Crippen molar-refractivity contribution in [2.45, 2.75) is 180 Å². The number of nitrogens with two attached hydrogens (primary N) is 1. The lowest BCUT2D eigenvalue weighted by molar-refractivity contribution is -0.161. The summed E-state index contributed by atoms with van der Waals surface area (Å²) in [4.78, 5) is 45.8. The number of hydrogen-bond donors (Lipinski definition) is 3. The Bertz CT molecular complexity index is 1180. The van der Waals surface area contributed by atoms with E-state index in [1.807, 2.05) is 18.2 Å². The average molecular weight is 810 g/mol. The van der Waals surface area contributed by atoms with E-state index >= 15 is 0 Å². The van der Waals surface area contributed by atoms with Crippen LogP contribution in [0.4, 0.5) is 0 Å².